The van der Waals surface area contributed by atoms with Crippen molar-refractivity contribution in [1.82, 2.24) is 10.6 Å². The third-order valence-electron chi connectivity index (χ3n) is 4.42. The summed E-state index contributed by atoms with van der Waals surface area (Å²) in [5.41, 5.74) is 3.46. The molecule has 0 unspecified atom stereocenters. The molecule has 2 aliphatic rings. The van der Waals surface area contributed by atoms with Gasteiger partial charge in [-0.3, -0.25) is 4.79 Å². The molecule has 19 heavy (non-hydrogen) atoms. The molecule has 2 N–H and O–H groups in total. The number of carbonyl (C=O) groups excluding carboxylic acids is 1. The molecule has 0 atom stereocenters. The van der Waals surface area contributed by atoms with E-state index in [0.29, 0.717) is 0 Å². The molecule has 102 valence electrons. The van der Waals surface area contributed by atoms with E-state index in [9.17, 15) is 4.79 Å². The molecule has 1 fully saturated rings. The van der Waals surface area contributed by atoms with Crippen LogP contribution in [0.3, 0.4) is 0 Å². The van der Waals surface area contributed by atoms with Gasteiger partial charge in [-0.1, -0.05) is 25.3 Å². The molecule has 1 amide bonds. The maximum absolute atomic E-state index is 12.1. The molecule has 3 rings (SSSR count). The van der Waals surface area contributed by atoms with Crippen LogP contribution in [0, 0.1) is 5.92 Å². The number of benzene rings is 1. The van der Waals surface area contributed by atoms with Gasteiger partial charge >= 0.3 is 0 Å². The summed E-state index contributed by atoms with van der Waals surface area (Å²) >= 11 is 0. The first kappa shape index (κ1) is 12.7. The van der Waals surface area contributed by atoms with Crippen LogP contribution in [0.15, 0.2) is 18.2 Å². The molecule has 1 aromatic rings. The summed E-state index contributed by atoms with van der Waals surface area (Å²) in [6, 6.07) is 6.11. The maximum atomic E-state index is 12.1. The van der Waals surface area contributed by atoms with E-state index >= 15 is 0 Å². The summed E-state index contributed by atoms with van der Waals surface area (Å²) in [5, 5.41) is 6.39. The second-order valence-corrected chi connectivity index (χ2v) is 5.75. The minimum Gasteiger partial charge on any atom is -0.352 e. The minimum absolute atomic E-state index is 0.0766. The Balaban J connectivity index is 1.56. The normalized spacial score (nSPS) is 18.5. The standard InChI is InChI=1S/C16H22N2O/c19-16(18-9-6-12-2-1-3-12)14-5-4-13-7-8-17-11-15(13)10-14/h4-5,10,12,17H,1-3,6-9,11H2,(H,18,19). The van der Waals surface area contributed by atoms with Gasteiger partial charge in [0.05, 0.1) is 0 Å². The Kier molecular flexibility index (Phi) is 3.83. The summed E-state index contributed by atoms with van der Waals surface area (Å²) in [5.74, 6) is 0.931. The van der Waals surface area contributed by atoms with Crippen molar-refractivity contribution in [2.45, 2.75) is 38.6 Å². The quantitative estimate of drug-likeness (QED) is 0.869. The monoisotopic (exact) mass is 258 g/mol. The van der Waals surface area contributed by atoms with E-state index < -0.39 is 0 Å². The van der Waals surface area contributed by atoms with Crippen molar-refractivity contribution in [3.63, 3.8) is 0 Å². The van der Waals surface area contributed by atoms with Crippen molar-refractivity contribution >= 4 is 5.91 Å². The zero-order valence-corrected chi connectivity index (χ0v) is 11.4. The van der Waals surface area contributed by atoms with Crippen molar-refractivity contribution in [1.29, 1.82) is 0 Å². The fourth-order valence-electron chi connectivity index (χ4n) is 2.90. The average Bonchev–Trinajstić information content (AvgIpc) is 2.40. The Bertz CT molecular complexity index is 466. The summed E-state index contributed by atoms with van der Waals surface area (Å²) in [6.45, 7) is 2.75. The molecule has 1 aromatic carbocycles. The van der Waals surface area contributed by atoms with Crippen molar-refractivity contribution in [2.75, 3.05) is 13.1 Å². The van der Waals surface area contributed by atoms with Crippen molar-refractivity contribution in [2.24, 2.45) is 5.92 Å². The first-order valence-corrected chi connectivity index (χ1v) is 7.43. The zero-order valence-electron chi connectivity index (χ0n) is 11.4. The summed E-state index contributed by atoms with van der Waals surface area (Å²) in [4.78, 5) is 12.1. The molecular formula is C16H22N2O. The van der Waals surface area contributed by atoms with Gasteiger partial charge in [0.2, 0.25) is 0 Å². The van der Waals surface area contributed by atoms with Crippen molar-refractivity contribution in [3.05, 3.63) is 34.9 Å². The van der Waals surface area contributed by atoms with Gasteiger partial charge in [0.15, 0.2) is 0 Å². The SMILES string of the molecule is O=C(NCCC1CCC1)c1ccc2c(c1)CNCC2. The highest BCUT2D eigenvalue weighted by Crippen LogP contribution is 2.28. The number of rotatable bonds is 4. The largest absolute Gasteiger partial charge is 0.352 e. The number of carbonyl (C=O) groups is 1. The van der Waals surface area contributed by atoms with Crippen LogP contribution in [0.1, 0.15) is 47.2 Å². The molecule has 3 heteroatoms. The molecule has 1 heterocycles. The van der Waals surface area contributed by atoms with Crippen LogP contribution in [-0.4, -0.2) is 19.0 Å². The van der Waals surface area contributed by atoms with Crippen LogP contribution in [0.2, 0.25) is 0 Å². The molecule has 0 bridgehead atoms. The molecule has 0 saturated heterocycles. The van der Waals surface area contributed by atoms with E-state index in [0.717, 1.165) is 44.0 Å². The first-order valence-electron chi connectivity index (χ1n) is 7.43. The van der Waals surface area contributed by atoms with Gasteiger partial charge in [0.1, 0.15) is 0 Å². The third kappa shape index (κ3) is 2.98. The maximum Gasteiger partial charge on any atom is 0.251 e. The average molecular weight is 258 g/mol. The Morgan fingerprint density at radius 3 is 3.00 bits per heavy atom. The van der Waals surface area contributed by atoms with E-state index in [4.69, 9.17) is 0 Å². The van der Waals surface area contributed by atoms with Gasteiger partial charge in [-0.2, -0.15) is 0 Å². The molecule has 1 saturated carbocycles. The van der Waals surface area contributed by atoms with Crippen molar-refractivity contribution < 1.29 is 4.79 Å². The Morgan fingerprint density at radius 1 is 1.32 bits per heavy atom. The van der Waals surface area contributed by atoms with Crippen LogP contribution >= 0.6 is 0 Å². The van der Waals surface area contributed by atoms with E-state index in [1.165, 1.54) is 30.4 Å². The lowest BCUT2D eigenvalue weighted by Gasteiger charge is -2.25. The summed E-state index contributed by atoms with van der Waals surface area (Å²) < 4.78 is 0. The number of hydrogen-bond donors (Lipinski definition) is 2. The van der Waals surface area contributed by atoms with Crippen LogP contribution in [-0.2, 0) is 13.0 Å². The van der Waals surface area contributed by atoms with Gasteiger partial charge in [0, 0.05) is 18.7 Å². The number of fused-ring (bicyclic) bond motifs is 1. The second-order valence-electron chi connectivity index (χ2n) is 5.75. The predicted molar refractivity (Wildman–Crippen MR) is 76.1 cm³/mol. The molecule has 0 radical (unpaired) electrons. The summed E-state index contributed by atoms with van der Waals surface area (Å²) in [6.07, 6.45) is 6.27. The lowest BCUT2D eigenvalue weighted by Crippen LogP contribution is -2.28. The Morgan fingerprint density at radius 2 is 2.21 bits per heavy atom. The lowest BCUT2D eigenvalue weighted by atomic mass is 9.83. The Labute approximate surface area is 114 Å². The highest BCUT2D eigenvalue weighted by Gasteiger charge is 2.17. The number of nitrogens with one attached hydrogen (secondary N) is 2. The fourth-order valence-corrected chi connectivity index (χ4v) is 2.90. The van der Waals surface area contributed by atoms with Crippen LogP contribution < -0.4 is 10.6 Å². The molecular weight excluding hydrogens is 236 g/mol. The second kappa shape index (κ2) is 5.74. The molecule has 3 nitrogen and oxygen atoms in total. The highest BCUT2D eigenvalue weighted by atomic mass is 16.1. The van der Waals surface area contributed by atoms with Gasteiger partial charge in [-0.25, -0.2) is 0 Å². The van der Waals surface area contributed by atoms with Gasteiger partial charge in [0.25, 0.3) is 5.91 Å². The third-order valence-corrected chi connectivity index (χ3v) is 4.42. The van der Waals surface area contributed by atoms with Crippen LogP contribution in [0.5, 0.6) is 0 Å². The first-order chi connectivity index (χ1) is 9.33. The lowest BCUT2D eigenvalue weighted by molar-refractivity contribution is 0.0949. The van der Waals surface area contributed by atoms with Gasteiger partial charge in [-0.15, -0.1) is 0 Å². The number of amides is 1. The fraction of sp³-hybridized carbons (Fsp3) is 0.562. The minimum atomic E-state index is 0.0766. The molecule has 1 aliphatic heterocycles. The van der Waals surface area contributed by atoms with Crippen molar-refractivity contribution in [3.8, 4) is 0 Å². The Hall–Kier alpha value is -1.35. The van der Waals surface area contributed by atoms with Gasteiger partial charge in [-0.05, 0) is 48.6 Å². The topological polar surface area (TPSA) is 41.1 Å². The number of hydrogen-bond acceptors (Lipinski definition) is 2. The van der Waals surface area contributed by atoms with Gasteiger partial charge < -0.3 is 10.6 Å². The van der Waals surface area contributed by atoms with E-state index in [-0.39, 0.29) is 5.91 Å². The predicted octanol–water partition coefficient (Wildman–Crippen LogP) is 2.25. The molecule has 1 aliphatic carbocycles. The smallest absolute Gasteiger partial charge is 0.251 e. The van der Waals surface area contributed by atoms with E-state index in [1.807, 2.05) is 12.1 Å². The van der Waals surface area contributed by atoms with E-state index in [2.05, 4.69) is 16.7 Å². The highest BCUT2D eigenvalue weighted by molar-refractivity contribution is 5.94. The van der Waals surface area contributed by atoms with Crippen LogP contribution in [0.4, 0.5) is 0 Å². The van der Waals surface area contributed by atoms with Crippen LogP contribution in [0.25, 0.3) is 0 Å². The summed E-state index contributed by atoms with van der Waals surface area (Å²) in [7, 11) is 0. The van der Waals surface area contributed by atoms with E-state index in [1.54, 1.807) is 0 Å². The zero-order chi connectivity index (χ0) is 13.1. The molecule has 0 spiro atoms. The molecule has 0 aromatic heterocycles.